The van der Waals surface area contributed by atoms with Gasteiger partial charge in [0.05, 0.1) is 17.1 Å². The van der Waals surface area contributed by atoms with Gasteiger partial charge < -0.3 is 0 Å². The molecule has 0 aliphatic carbocycles. The Morgan fingerprint density at radius 3 is 2.71 bits per heavy atom. The molecule has 0 amide bonds. The number of nitrogens with zero attached hydrogens (tertiary/aromatic N) is 2. The topological polar surface area (TPSA) is 36.7 Å². The van der Waals surface area contributed by atoms with Gasteiger partial charge in [0.15, 0.2) is 0 Å². The van der Waals surface area contributed by atoms with Crippen LogP contribution < -0.4 is 0 Å². The Morgan fingerprint density at radius 1 is 1.64 bits per heavy atom. The van der Waals surface area contributed by atoms with E-state index in [9.17, 15) is 8.78 Å². The molecule has 0 atom stereocenters. The van der Waals surface area contributed by atoms with Crippen molar-refractivity contribution in [2.75, 3.05) is 0 Å². The van der Waals surface area contributed by atoms with E-state index in [0.717, 1.165) is 6.07 Å². The number of aromatic nitrogens is 1. The van der Waals surface area contributed by atoms with Gasteiger partial charge in [-0.05, 0) is 28.7 Å². The van der Waals surface area contributed by atoms with Crippen LogP contribution in [-0.2, 0) is 5.88 Å². The van der Waals surface area contributed by atoms with E-state index in [4.69, 9.17) is 16.9 Å². The van der Waals surface area contributed by atoms with Gasteiger partial charge in [0, 0.05) is 5.56 Å². The summed E-state index contributed by atoms with van der Waals surface area (Å²) in [6, 6.07) is 2.93. The van der Waals surface area contributed by atoms with Gasteiger partial charge in [0.25, 0.3) is 6.43 Å². The molecule has 0 fully saturated rings. The Bertz CT molecular complexity index is 390. The van der Waals surface area contributed by atoms with Gasteiger partial charge in [-0.2, -0.15) is 5.26 Å². The fourth-order valence-electron chi connectivity index (χ4n) is 0.916. The SMILES string of the molecule is N#Cc1cc(C(F)F)c(CCl)nc1I. The molecule has 0 spiro atoms. The first-order chi connectivity index (χ1) is 6.60. The molecule has 6 heteroatoms. The molecule has 0 radical (unpaired) electrons. The third kappa shape index (κ3) is 2.30. The van der Waals surface area contributed by atoms with Crippen molar-refractivity contribution in [3.63, 3.8) is 0 Å². The van der Waals surface area contributed by atoms with Crippen LogP contribution in [0.4, 0.5) is 8.78 Å². The Kier molecular flexibility index (Phi) is 4.01. The van der Waals surface area contributed by atoms with E-state index in [-0.39, 0.29) is 22.7 Å². The zero-order chi connectivity index (χ0) is 10.7. The quantitative estimate of drug-likeness (QED) is 0.475. The molecule has 1 heterocycles. The fourth-order valence-corrected chi connectivity index (χ4v) is 1.70. The van der Waals surface area contributed by atoms with Crippen molar-refractivity contribution >= 4 is 34.2 Å². The summed E-state index contributed by atoms with van der Waals surface area (Å²) in [7, 11) is 0. The van der Waals surface area contributed by atoms with Crippen LogP contribution in [0.3, 0.4) is 0 Å². The zero-order valence-corrected chi connectivity index (χ0v) is 9.68. The lowest BCUT2D eigenvalue weighted by atomic mass is 10.1. The van der Waals surface area contributed by atoms with Crippen LogP contribution in [0.2, 0.25) is 0 Å². The zero-order valence-electron chi connectivity index (χ0n) is 6.77. The van der Waals surface area contributed by atoms with Crippen molar-refractivity contribution in [2.24, 2.45) is 0 Å². The molecule has 0 N–H and O–H groups in total. The molecule has 0 unspecified atom stereocenters. The van der Waals surface area contributed by atoms with Crippen LogP contribution in [-0.4, -0.2) is 4.98 Å². The fraction of sp³-hybridized carbons (Fsp3) is 0.250. The van der Waals surface area contributed by atoms with Crippen LogP contribution in [0.5, 0.6) is 0 Å². The molecule has 1 rings (SSSR count). The monoisotopic (exact) mass is 328 g/mol. The first-order valence-corrected chi connectivity index (χ1v) is 5.15. The van der Waals surface area contributed by atoms with Gasteiger partial charge in [-0.25, -0.2) is 13.8 Å². The number of alkyl halides is 3. The number of halogens is 4. The molecule has 1 aromatic heterocycles. The molecule has 1 aromatic rings. The first-order valence-electron chi connectivity index (χ1n) is 3.53. The minimum absolute atomic E-state index is 0.0820. The minimum Gasteiger partial charge on any atom is -0.244 e. The highest BCUT2D eigenvalue weighted by Gasteiger charge is 2.16. The van der Waals surface area contributed by atoms with Crippen molar-refractivity contribution < 1.29 is 8.78 Å². The van der Waals surface area contributed by atoms with E-state index < -0.39 is 6.43 Å². The van der Waals surface area contributed by atoms with Crippen LogP contribution in [0, 0.1) is 15.0 Å². The van der Waals surface area contributed by atoms with Crippen molar-refractivity contribution in [1.29, 1.82) is 5.26 Å². The summed E-state index contributed by atoms with van der Waals surface area (Å²) < 4.78 is 25.3. The Labute approximate surface area is 98.0 Å². The standard InChI is InChI=1S/C8H4ClF2IN2/c9-2-6-5(7(10)11)1-4(3-13)8(12)14-6/h1,7H,2H2. The third-order valence-electron chi connectivity index (χ3n) is 1.57. The normalized spacial score (nSPS) is 10.3. The summed E-state index contributed by atoms with van der Waals surface area (Å²) in [4.78, 5) is 3.84. The largest absolute Gasteiger partial charge is 0.265 e. The lowest BCUT2D eigenvalue weighted by Gasteiger charge is -2.06. The van der Waals surface area contributed by atoms with Gasteiger partial charge in [-0.3, -0.25) is 0 Å². The second-order valence-corrected chi connectivity index (χ2v) is 3.70. The maximum atomic E-state index is 12.5. The molecule has 74 valence electrons. The highest BCUT2D eigenvalue weighted by molar-refractivity contribution is 14.1. The average Bonchev–Trinajstić information content (AvgIpc) is 2.16. The number of hydrogen-bond donors (Lipinski definition) is 0. The second kappa shape index (κ2) is 4.84. The van der Waals surface area contributed by atoms with Crippen molar-refractivity contribution in [3.05, 3.63) is 26.6 Å². The highest BCUT2D eigenvalue weighted by Crippen LogP contribution is 2.25. The molecular weight excluding hydrogens is 324 g/mol. The number of pyridine rings is 1. The van der Waals surface area contributed by atoms with Crippen LogP contribution in [0.25, 0.3) is 0 Å². The summed E-state index contributed by atoms with van der Waals surface area (Å²) in [5.41, 5.74) is 0.0109. The van der Waals surface area contributed by atoms with Gasteiger partial charge in [0.2, 0.25) is 0 Å². The molecule has 2 nitrogen and oxygen atoms in total. The minimum atomic E-state index is -2.65. The highest BCUT2D eigenvalue weighted by atomic mass is 127. The molecule has 0 aliphatic heterocycles. The van der Waals surface area contributed by atoms with Crippen molar-refractivity contribution in [2.45, 2.75) is 12.3 Å². The lowest BCUT2D eigenvalue weighted by molar-refractivity contribution is 0.150. The molecular formula is C8H4ClF2IN2. The molecule has 0 saturated heterocycles. The van der Waals surface area contributed by atoms with Gasteiger partial charge in [0.1, 0.15) is 9.77 Å². The van der Waals surface area contributed by atoms with E-state index >= 15 is 0 Å². The Hall–Kier alpha value is -0.480. The van der Waals surface area contributed by atoms with E-state index in [1.54, 1.807) is 6.07 Å². The maximum Gasteiger partial charge on any atom is 0.265 e. The molecule has 0 bridgehead atoms. The van der Waals surface area contributed by atoms with Gasteiger partial charge in [-0.1, -0.05) is 0 Å². The number of rotatable bonds is 2. The van der Waals surface area contributed by atoms with Gasteiger partial charge >= 0.3 is 0 Å². The van der Waals surface area contributed by atoms with Crippen LogP contribution in [0.1, 0.15) is 23.2 Å². The molecule has 14 heavy (non-hydrogen) atoms. The Morgan fingerprint density at radius 2 is 2.29 bits per heavy atom. The van der Waals surface area contributed by atoms with Crippen molar-refractivity contribution in [3.8, 4) is 6.07 Å². The molecule has 0 aromatic carbocycles. The number of hydrogen-bond acceptors (Lipinski definition) is 2. The lowest BCUT2D eigenvalue weighted by Crippen LogP contribution is -2.00. The van der Waals surface area contributed by atoms with Crippen molar-refractivity contribution in [1.82, 2.24) is 4.98 Å². The van der Waals surface area contributed by atoms with Crippen LogP contribution in [0.15, 0.2) is 6.07 Å². The predicted octanol–water partition coefficient (Wildman–Crippen LogP) is 3.23. The molecule has 0 saturated carbocycles. The summed E-state index contributed by atoms with van der Waals surface area (Å²) in [6.45, 7) is 0. The molecule has 0 aliphatic rings. The third-order valence-corrected chi connectivity index (χ3v) is 2.65. The second-order valence-electron chi connectivity index (χ2n) is 2.41. The van der Waals surface area contributed by atoms with E-state index in [2.05, 4.69) is 4.98 Å². The number of nitriles is 1. The maximum absolute atomic E-state index is 12.5. The Balaban J connectivity index is 3.34. The summed E-state index contributed by atoms with van der Waals surface area (Å²) in [5.74, 6) is -0.0820. The average molecular weight is 328 g/mol. The first kappa shape index (κ1) is 11.6. The van der Waals surface area contributed by atoms with Gasteiger partial charge in [-0.15, -0.1) is 11.6 Å². The summed E-state index contributed by atoms with van der Waals surface area (Å²) in [6.07, 6.45) is -2.65. The summed E-state index contributed by atoms with van der Waals surface area (Å²) >= 11 is 7.27. The van der Waals surface area contributed by atoms with Crippen LogP contribution >= 0.6 is 34.2 Å². The van der Waals surface area contributed by atoms with E-state index in [1.807, 2.05) is 22.6 Å². The van der Waals surface area contributed by atoms with E-state index in [0.29, 0.717) is 3.70 Å². The van der Waals surface area contributed by atoms with E-state index in [1.165, 1.54) is 0 Å². The summed E-state index contributed by atoms with van der Waals surface area (Å²) in [5, 5.41) is 8.62. The predicted molar refractivity (Wildman–Crippen MR) is 56.2 cm³/mol. The smallest absolute Gasteiger partial charge is 0.244 e.